The van der Waals surface area contributed by atoms with Crippen molar-refractivity contribution < 1.29 is 19.5 Å². The van der Waals surface area contributed by atoms with Crippen LogP contribution in [0.4, 0.5) is 5.69 Å². The van der Waals surface area contributed by atoms with Crippen molar-refractivity contribution in [2.75, 3.05) is 4.90 Å². The number of carbonyl (C=O) groups is 3. The Bertz CT molecular complexity index is 736. The molecule has 22 heavy (non-hydrogen) atoms. The lowest BCUT2D eigenvalue weighted by Crippen LogP contribution is -2.37. The van der Waals surface area contributed by atoms with Crippen molar-refractivity contribution in [3.8, 4) is 0 Å². The number of hydrogen-bond acceptors (Lipinski definition) is 4. The number of amides is 2. The van der Waals surface area contributed by atoms with E-state index in [1.54, 1.807) is 0 Å². The molecule has 0 spiro atoms. The SMILES string of the molecule is C[C@@]12C(=O)N(c3ccc(C(=O)[O-])cc3)C(=O)[C@H]1[C@H]1C=C[C@@H]2C1. The summed E-state index contributed by atoms with van der Waals surface area (Å²) in [5.41, 5.74) is -0.213. The van der Waals surface area contributed by atoms with E-state index in [1.165, 1.54) is 29.2 Å². The van der Waals surface area contributed by atoms with Gasteiger partial charge in [0.25, 0.3) is 0 Å². The van der Waals surface area contributed by atoms with Crippen LogP contribution in [0.2, 0.25) is 0 Å². The molecule has 1 saturated heterocycles. The number of allylic oxidation sites excluding steroid dienone is 2. The molecule has 1 aromatic rings. The van der Waals surface area contributed by atoms with Crippen molar-refractivity contribution in [1.82, 2.24) is 0 Å². The van der Waals surface area contributed by atoms with Crippen molar-refractivity contribution in [2.45, 2.75) is 13.3 Å². The number of carboxylic acids is 1. The summed E-state index contributed by atoms with van der Waals surface area (Å²) in [5.74, 6) is -1.68. The molecule has 5 nitrogen and oxygen atoms in total. The molecule has 2 fully saturated rings. The molecule has 0 unspecified atom stereocenters. The lowest BCUT2D eigenvalue weighted by Gasteiger charge is -2.28. The Balaban J connectivity index is 1.74. The number of carboxylic acid groups (broad SMARTS) is 1. The van der Waals surface area contributed by atoms with Gasteiger partial charge in [0.1, 0.15) is 0 Å². The van der Waals surface area contributed by atoms with Crippen LogP contribution in [0.15, 0.2) is 36.4 Å². The van der Waals surface area contributed by atoms with Crippen LogP contribution in [0.5, 0.6) is 0 Å². The molecule has 2 bridgehead atoms. The maximum absolute atomic E-state index is 12.9. The number of imide groups is 1. The Hall–Kier alpha value is -2.43. The molecular formula is C17H14NO4-. The van der Waals surface area contributed by atoms with E-state index in [0.717, 1.165) is 6.42 Å². The third-order valence-electron chi connectivity index (χ3n) is 5.47. The zero-order valence-corrected chi connectivity index (χ0v) is 12.0. The standard InChI is InChI=1S/C17H15NO4/c1-17-11-5-2-10(8-11)13(17)14(19)18(16(17)22)12-6-3-9(4-7-12)15(20)21/h2-7,10-11,13H,8H2,1H3,(H,20,21)/p-1/t10-,11+,13+,17-/m0/s1. The van der Waals surface area contributed by atoms with E-state index in [0.29, 0.717) is 5.69 Å². The van der Waals surface area contributed by atoms with E-state index in [9.17, 15) is 19.5 Å². The minimum absolute atomic E-state index is 0.0241. The lowest BCUT2D eigenvalue weighted by molar-refractivity contribution is -0.255. The number of fused-ring (bicyclic) bond motifs is 5. The van der Waals surface area contributed by atoms with Crippen LogP contribution < -0.4 is 10.0 Å². The smallest absolute Gasteiger partial charge is 0.241 e. The number of hydrogen-bond donors (Lipinski definition) is 0. The molecule has 1 aliphatic heterocycles. The van der Waals surface area contributed by atoms with Gasteiger partial charge in [0.2, 0.25) is 11.8 Å². The highest BCUT2D eigenvalue weighted by atomic mass is 16.4. The van der Waals surface area contributed by atoms with Crippen LogP contribution in [-0.2, 0) is 9.59 Å². The van der Waals surface area contributed by atoms with Crippen molar-refractivity contribution in [1.29, 1.82) is 0 Å². The van der Waals surface area contributed by atoms with Gasteiger partial charge < -0.3 is 9.90 Å². The molecule has 4 atom stereocenters. The molecule has 1 heterocycles. The Kier molecular flexibility index (Phi) is 2.45. The largest absolute Gasteiger partial charge is 0.545 e. The number of carbonyl (C=O) groups excluding carboxylic acids is 3. The van der Waals surface area contributed by atoms with Gasteiger partial charge in [-0.3, -0.25) is 9.59 Å². The number of rotatable bonds is 2. The molecule has 1 saturated carbocycles. The van der Waals surface area contributed by atoms with Crippen molar-refractivity contribution in [3.63, 3.8) is 0 Å². The Morgan fingerprint density at radius 1 is 1.23 bits per heavy atom. The summed E-state index contributed by atoms with van der Waals surface area (Å²) in [4.78, 5) is 37.6. The van der Waals surface area contributed by atoms with Crippen LogP contribution >= 0.6 is 0 Å². The fourth-order valence-corrected chi connectivity index (χ4v) is 4.30. The first-order valence-electron chi connectivity index (χ1n) is 7.32. The van der Waals surface area contributed by atoms with Crippen LogP contribution in [0.25, 0.3) is 0 Å². The number of nitrogens with zero attached hydrogens (tertiary/aromatic N) is 1. The zero-order chi connectivity index (χ0) is 15.6. The molecule has 4 rings (SSSR count). The first kappa shape index (κ1) is 13.2. The van der Waals surface area contributed by atoms with Crippen molar-refractivity contribution >= 4 is 23.5 Å². The fraction of sp³-hybridized carbons (Fsp3) is 0.353. The van der Waals surface area contributed by atoms with E-state index in [2.05, 4.69) is 6.08 Å². The van der Waals surface area contributed by atoms with E-state index in [1.807, 2.05) is 13.0 Å². The summed E-state index contributed by atoms with van der Waals surface area (Å²) in [6.07, 6.45) is 4.97. The van der Waals surface area contributed by atoms with Crippen molar-refractivity contribution in [2.24, 2.45) is 23.2 Å². The van der Waals surface area contributed by atoms with Gasteiger partial charge in [-0.15, -0.1) is 0 Å². The minimum Gasteiger partial charge on any atom is -0.545 e. The van der Waals surface area contributed by atoms with Gasteiger partial charge in [-0.25, -0.2) is 4.90 Å². The summed E-state index contributed by atoms with van der Waals surface area (Å²) in [5, 5.41) is 10.8. The predicted molar refractivity (Wildman–Crippen MR) is 75.6 cm³/mol. The summed E-state index contributed by atoms with van der Waals surface area (Å²) in [6, 6.07) is 5.68. The number of anilines is 1. The highest BCUT2D eigenvalue weighted by molar-refractivity contribution is 6.24. The Labute approximate surface area is 127 Å². The Morgan fingerprint density at radius 2 is 1.91 bits per heavy atom. The second-order valence-corrected chi connectivity index (χ2v) is 6.46. The molecule has 2 amide bonds. The third kappa shape index (κ3) is 1.41. The topological polar surface area (TPSA) is 77.5 Å². The first-order valence-corrected chi connectivity index (χ1v) is 7.32. The number of aromatic carboxylic acids is 1. The van der Waals surface area contributed by atoms with Gasteiger partial charge >= 0.3 is 0 Å². The molecule has 0 radical (unpaired) electrons. The summed E-state index contributed by atoms with van der Waals surface area (Å²) >= 11 is 0. The maximum atomic E-state index is 12.9. The average molecular weight is 296 g/mol. The highest BCUT2D eigenvalue weighted by Gasteiger charge is 2.67. The Morgan fingerprint density at radius 3 is 2.50 bits per heavy atom. The summed E-state index contributed by atoms with van der Waals surface area (Å²) in [6.45, 7) is 1.88. The van der Waals surface area contributed by atoms with Crippen LogP contribution in [-0.4, -0.2) is 17.8 Å². The van der Waals surface area contributed by atoms with Crippen LogP contribution in [0.1, 0.15) is 23.7 Å². The molecule has 1 aromatic carbocycles. The van der Waals surface area contributed by atoms with Gasteiger partial charge in [-0.1, -0.05) is 24.3 Å². The normalized spacial score (nSPS) is 35.3. The molecule has 5 heteroatoms. The molecule has 2 aliphatic carbocycles. The first-order chi connectivity index (χ1) is 10.4. The summed E-state index contributed by atoms with van der Waals surface area (Å²) < 4.78 is 0. The van der Waals surface area contributed by atoms with Gasteiger partial charge in [0, 0.05) is 0 Å². The van der Waals surface area contributed by atoms with Gasteiger partial charge in [0.15, 0.2) is 0 Å². The molecule has 112 valence electrons. The third-order valence-corrected chi connectivity index (χ3v) is 5.47. The van der Waals surface area contributed by atoms with E-state index in [-0.39, 0.29) is 35.1 Å². The second-order valence-electron chi connectivity index (χ2n) is 6.46. The average Bonchev–Trinajstić information content (AvgIpc) is 3.12. The monoisotopic (exact) mass is 296 g/mol. The van der Waals surface area contributed by atoms with E-state index < -0.39 is 11.4 Å². The van der Waals surface area contributed by atoms with E-state index in [4.69, 9.17) is 0 Å². The molecule has 0 N–H and O–H groups in total. The maximum Gasteiger partial charge on any atom is 0.241 e. The molecular weight excluding hydrogens is 282 g/mol. The van der Waals surface area contributed by atoms with Crippen LogP contribution in [0, 0.1) is 23.2 Å². The van der Waals surface area contributed by atoms with Crippen LogP contribution in [0.3, 0.4) is 0 Å². The van der Waals surface area contributed by atoms with Gasteiger partial charge in [-0.05, 0) is 42.9 Å². The second kappa shape index (κ2) is 4.06. The lowest BCUT2D eigenvalue weighted by atomic mass is 9.71. The van der Waals surface area contributed by atoms with Gasteiger partial charge in [0.05, 0.1) is 23.0 Å². The molecule has 0 aromatic heterocycles. The fourth-order valence-electron chi connectivity index (χ4n) is 4.30. The molecule has 3 aliphatic rings. The summed E-state index contributed by atoms with van der Waals surface area (Å²) in [7, 11) is 0. The van der Waals surface area contributed by atoms with E-state index >= 15 is 0 Å². The quantitative estimate of drug-likeness (QED) is 0.596. The zero-order valence-electron chi connectivity index (χ0n) is 12.0. The van der Waals surface area contributed by atoms with Gasteiger partial charge in [-0.2, -0.15) is 0 Å². The van der Waals surface area contributed by atoms with Crippen molar-refractivity contribution in [3.05, 3.63) is 42.0 Å². The number of benzene rings is 1. The predicted octanol–water partition coefficient (Wildman–Crippen LogP) is 0.752. The minimum atomic E-state index is -1.28. The highest BCUT2D eigenvalue weighted by Crippen LogP contribution is 2.60.